The molecule has 3 atom stereocenters. The van der Waals surface area contributed by atoms with Gasteiger partial charge in [-0.15, -0.1) is 11.8 Å². The number of hydrogen-bond acceptors (Lipinski definition) is 10. The summed E-state index contributed by atoms with van der Waals surface area (Å²) in [6.07, 6.45) is 28.5. The number of aryl methyl sites for hydroxylation is 1. The molecular formula is C63H105NO7S4. The van der Waals surface area contributed by atoms with Gasteiger partial charge in [0.2, 0.25) is 0 Å². The first kappa shape index (κ1) is 67.3. The van der Waals surface area contributed by atoms with Crippen LogP contribution in [0.1, 0.15) is 271 Å². The van der Waals surface area contributed by atoms with Crippen molar-refractivity contribution in [3.63, 3.8) is 0 Å². The number of thioether (sulfide) groups is 2. The van der Waals surface area contributed by atoms with Crippen LogP contribution in [-0.2, 0) is 35.0 Å². The molecule has 8 nitrogen and oxygen atoms in total. The van der Waals surface area contributed by atoms with E-state index in [1.165, 1.54) is 115 Å². The van der Waals surface area contributed by atoms with Crippen LogP contribution in [0.4, 0.5) is 0 Å². The third kappa shape index (κ3) is 26.7. The SMILES string of the molecule is CCCCCCCCCCCCSC(=S)SC(CC(C)(CC(CC(C)(C)C(=O)O)c1ccc(CCCCCCCCCCCC)cc1)C(=O)OC1CC(C)(C)NC(C)(C)C1)c1ccc(S(=O)(=O)OCC(C)(C)C)cc1. The monoisotopic (exact) mass is 1120 g/mol. The van der Waals surface area contributed by atoms with Crippen molar-refractivity contribution < 1.29 is 32.0 Å². The normalized spacial score (nSPS) is 16.8. The average molecular weight is 1120 g/mol. The molecule has 1 saturated heterocycles. The molecule has 0 radical (unpaired) electrons. The Kier molecular flexibility index (Phi) is 29.6. The smallest absolute Gasteiger partial charge is 0.312 e. The third-order valence-corrected chi connectivity index (χ3v) is 19.2. The molecule has 3 unspecified atom stereocenters. The van der Waals surface area contributed by atoms with Crippen LogP contribution in [0.2, 0.25) is 0 Å². The minimum Gasteiger partial charge on any atom is -0.481 e. The summed E-state index contributed by atoms with van der Waals surface area (Å²) in [6.45, 7) is 24.5. The van der Waals surface area contributed by atoms with Crippen molar-refractivity contribution in [2.75, 3.05) is 12.4 Å². The van der Waals surface area contributed by atoms with Crippen molar-refractivity contribution in [3.05, 3.63) is 65.2 Å². The highest BCUT2D eigenvalue weighted by molar-refractivity contribution is 8.47. The molecule has 12 heteroatoms. The highest BCUT2D eigenvalue weighted by Crippen LogP contribution is 2.49. The Morgan fingerprint density at radius 3 is 1.63 bits per heavy atom. The van der Waals surface area contributed by atoms with Crippen LogP contribution < -0.4 is 5.32 Å². The highest BCUT2D eigenvalue weighted by atomic mass is 32.2. The molecule has 1 fully saturated rings. The molecule has 2 N–H and O–H groups in total. The molecule has 0 bridgehead atoms. The van der Waals surface area contributed by atoms with E-state index in [9.17, 15) is 18.3 Å². The molecule has 2 aromatic carbocycles. The predicted octanol–water partition coefficient (Wildman–Crippen LogP) is 18.5. The molecule has 75 heavy (non-hydrogen) atoms. The molecule has 0 spiro atoms. The minimum atomic E-state index is -4.02. The number of carbonyl (C=O) groups excluding carboxylic acids is 1. The largest absolute Gasteiger partial charge is 0.481 e. The van der Waals surface area contributed by atoms with E-state index in [1.54, 1.807) is 49.5 Å². The Morgan fingerprint density at radius 2 is 1.15 bits per heavy atom. The second-order valence-corrected chi connectivity index (χ2v) is 30.9. The lowest BCUT2D eigenvalue weighted by molar-refractivity contribution is -0.166. The molecule has 0 saturated carbocycles. The van der Waals surface area contributed by atoms with Crippen LogP contribution in [-0.4, -0.2) is 58.5 Å². The fraction of sp³-hybridized carbons (Fsp3) is 0.762. The van der Waals surface area contributed by atoms with Gasteiger partial charge in [0, 0.05) is 29.2 Å². The average Bonchev–Trinajstić information content (AvgIpc) is 3.31. The maximum Gasteiger partial charge on any atom is 0.312 e. The van der Waals surface area contributed by atoms with Gasteiger partial charge in [0.25, 0.3) is 10.1 Å². The zero-order valence-corrected chi connectivity index (χ0v) is 52.4. The van der Waals surface area contributed by atoms with E-state index in [0.29, 0.717) is 32.1 Å². The van der Waals surface area contributed by atoms with E-state index in [1.807, 2.05) is 39.8 Å². The van der Waals surface area contributed by atoms with Gasteiger partial charge in [-0.25, -0.2) is 0 Å². The second kappa shape index (κ2) is 33.0. The predicted molar refractivity (Wildman–Crippen MR) is 325 cm³/mol. The lowest BCUT2D eigenvalue weighted by Gasteiger charge is -2.46. The number of esters is 1. The first-order valence-corrected chi connectivity index (χ1v) is 33.0. The summed E-state index contributed by atoms with van der Waals surface area (Å²) in [5.74, 6) is -0.578. The zero-order valence-electron chi connectivity index (χ0n) is 49.2. The number of nitrogens with one attached hydrogen (secondary N) is 1. The van der Waals surface area contributed by atoms with E-state index in [0.717, 1.165) is 46.1 Å². The van der Waals surface area contributed by atoms with Crippen molar-refractivity contribution in [3.8, 4) is 0 Å². The Balaban J connectivity index is 2.00. The Hall–Kier alpha value is -1.96. The van der Waals surface area contributed by atoms with Crippen molar-refractivity contribution in [2.45, 2.75) is 283 Å². The van der Waals surface area contributed by atoms with Gasteiger partial charge in [0.15, 0.2) is 0 Å². The molecule has 3 rings (SSSR count). The summed E-state index contributed by atoms with van der Waals surface area (Å²) in [4.78, 5) is 28.4. The van der Waals surface area contributed by atoms with Crippen LogP contribution in [0.5, 0.6) is 0 Å². The van der Waals surface area contributed by atoms with Crippen molar-refractivity contribution in [1.29, 1.82) is 0 Å². The van der Waals surface area contributed by atoms with Gasteiger partial charge >= 0.3 is 11.9 Å². The summed E-state index contributed by atoms with van der Waals surface area (Å²) >= 11 is 9.40. The number of piperidine rings is 1. The standard InChI is InChI=1S/C63H105NO7S4/c1-13-15-17-19-21-23-25-27-29-31-33-49-34-36-50(37-35-49)52(43-60(6,7)56(65)66)44-63(12,57(67)71-53-45-61(8,9)64-62(10,11)46-53)47-55(51-38-40-54(41-39-51)75(68,69)70-48-59(3,4)5)74-58(72)73-42-32-30-28-26-24-22-20-18-16-14-2/h34-41,52-53,55,64H,13-33,42-48H2,1-12H3,(H,65,66). The summed E-state index contributed by atoms with van der Waals surface area (Å²) in [6, 6.07) is 15.6. The topological polar surface area (TPSA) is 119 Å². The molecular weight excluding hydrogens is 1010 g/mol. The van der Waals surface area contributed by atoms with Crippen molar-refractivity contribution in [1.82, 2.24) is 5.32 Å². The number of thiocarbonyl (C=S) groups is 1. The van der Waals surface area contributed by atoms with Crippen LogP contribution >= 0.6 is 35.7 Å². The van der Waals surface area contributed by atoms with E-state index < -0.39 is 26.9 Å². The summed E-state index contributed by atoms with van der Waals surface area (Å²) < 4.78 is 39.9. The molecule has 1 aliphatic rings. The first-order chi connectivity index (χ1) is 35.2. The van der Waals surface area contributed by atoms with Crippen molar-refractivity contribution in [2.24, 2.45) is 16.2 Å². The third-order valence-electron chi connectivity index (χ3n) is 15.0. The van der Waals surface area contributed by atoms with Crippen LogP contribution in [0.3, 0.4) is 0 Å². The lowest BCUT2D eigenvalue weighted by atomic mass is 9.70. The van der Waals surface area contributed by atoms with Gasteiger partial charge in [-0.2, -0.15) is 8.42 Å². The molecule has 428 valence electrons. The first-order valence-electron chi connectivity index (χ1n) is 29.4. The molecule has 0 amide bonds. The van der Waals surface area contributed by atoms with Gasteiger partial charge in [-0.1, -0.05) is 211 Å². The number of unbranched alkanes of at least 4 members (excludes halogenated alkanes) is 18. The summed E-state index contributed by atoms with van der Waals surface area (Å²) in [5.41, 5.74) is 0.0630. The number of carbonyl (C=O) groups is 2. The van der Waals surface area contributed by atoms with Crippen LogP contribution in [0, 0.1) is 16.2 Å². The Labute approximate surface area is 472 Å². The van der Waals surface area contributed by atoms with E-state index in [2.05, 4.69) is 71.1 Å². The molecule has 1 heterocycles. The molecule has 0 aliphatic carbocycles. The highest BCUT2D eigenvalue weighted by Gasteiger charge is 2.46. The van der Waals surface area contributed by atoms with Gasteiger partial charge < -0.3 is 15.2 Å². The van der Waals surface area contributed by atoms with E-state index in [-0.39, 0.29) is 51.2 Å². The fourth-order valence-electron chi connectivity index (χ4n) is 10.9. The zero-order chi connectivity index (χ0) is 55.8. The minimum absolute atomic E-state index is 0.0495. The molecule has 0 aromatic heterocycles. The number of ether oxygens (including phenoxy) is 1. The Morgan fingerprint density at radius 1 is 0.680 bits per heavy atom. The lowest BCUT2D eigenvalue weighted by Crippen LogP contribution is -2.60. The van der Waals surface area contributed by atoms with Crippen LogP contribution in [0.25, 0.3) is 0 Å². The van der Waals surface area contributed by atoms with Crippen LogP contribution in [0.15, 0.2) is 53.4 Å². The molecule has 2 aromatic rings. The van der Waals surface area contributed by atoms with E-state index >= 15 is 4.79 Å². The fourth-order valence-corrected chi connectivity index (χ4v) is 15.0. The number of hydrogen-bond donors (Lipinski definition) is 2. The maximum atomic E-state index is 15.4. The van der Waals surface area contributed by atoms with Gasteiger partial charge in [0.1, 0.15) is 9.63 Å². The number of carboxylic acids is 1. The van der Waals surface area contributed by atoms with E-state index in [4.69, 9.17) is 21.1 Å². The molecule has 1 aliphatic heterocycles. The maximum absolute atomic E-state index is 15.4. The number of rotatable bonds is 37. The number of benzene rings is 2. The van der Waals surface area contributed by atoms with Gasteiger partial charge in [0.05, 0.1) is 22.3 Å². The Bertz CT molecular complexity index is 2060. The number of carboxylic acid groups (broad SMARTS) is 1. The number of aliphatic carboxylic acids is 1. The summed E-state index contributed by atoms with van der Waals surface area (Å²) in [5, 5.41) is 14.0. The van der Waals surface area contributed by atoms with Gasteiger partial charge in [-0.05, 0) is 133 Å². The summed E-state index contributed by atoms with van der Waals surface area (Å²) in [7, 11) is -4.02. The quantitative estimate of drug-likeness (QED) is 0.0291. The van der Waals surface area contributed by atoms with Crippen molar-refractivity contribution >= 4 is 61.3 Å². The second-order valence-electron chi connectivity index (χ2n) is 25.8. The van der Waals surface area contributed by atoms with Gasteiger partial charge in [-0.3, -0.25) is 13.8 Å².